The van der Waals surface area contributed by atoms with Crippen molar-refractivity contribution in [3.63, 3.8) is 0 Å². The molecule has 3 rings (SSSR count). The van der Waals surface area contributed by atoms with E-state index < -0.39 is 23.8 Å². The number of thiophene rings is 1. The predicted octanol–water partition coefficient (Wildman–Crippen LogP) is 5.36. The van der Waals surface area contributed by atoms with Gasteiger partial charge in [0.25, 0.3) is 0 Å². The molecule has 36 heavy (non-hydrogen) atoms. The number of nitrogens with one attached hydrogen (secondary N) is 1. The number of hydrogen-bond donors (Lipinski definition) is 1. The van der Waals surface area contributed by atoms with Gasteiger partial charge in [-0.3, -0.25) is 9.59 Å². The van der Waals surface area contributed by atoms with Gasteiger partial charge < -0.3 is 24.3 Å². The van der Waals surface area contributed by atoms with E-state index in [1.165, 1.54) is 44.5 Å². The SMILES string of the molecule is CCCCCCOc1ccc(/C=C/C(=O)Nc2sc3c(c2C(=O)OC)[C@H](C(=O)OC)CC3)cc1OC. The van der Waals surface area contributed by atoms with Crippen molar-refractivity contribution in [1.82, 2.24) is 0 Å². The molecule has 0 bridgehead atoms. The lowest BCUT2D eigenvalue weighted by atomic mass is 9.99. The third kappa shape index (κ3) is 6.46. The first kappa shape index (κ1) is 27.3. The molecule has 1 atom stereocenters. The standard InChI is InChI=1S/C27H33NO7S/c1-5-6-7-8-15-35-19-12-9-17(16-20(19)32-2)10-14-22(29)28-25-24(27(31)34-4)23-18(26(30)33-3)11-13-21(23)36-25/h9-10,12,14,16,18H,5-8,11,13,15H2,1-4H3,(H,28,29)/b14-10+/t18-/m1/s1. The van der Waals surface area contributed by atoms with Crippen LogP contribution in [0.2, 0.25) is 0 Å². The Bertz CT molecular complexity index is 1120. The topological polar surface area (TPSA) is 100 Å². The second-order valence-electron chi connectivity index (χ2n) is 8.39. The number of methoxy groups -OCH3 is 3. The Morgan fingerprint density at radius 2 is 1.89 bits per heavy atom. The number of carbonyl (C=O) groups excluding carboxylic acids is 3. The highest BCUT2D eigenvalue weighted by molar-refractivity contribution is 7.17. The van der Waals surface area contributed by atoms with Gasteiger partial charge >= 0.3 is 11.9 Å². The molecular weight excluding hydrogens is 482 g/mol. The van der Waals surface area contributed by atoms with Gasteiger partial charge in [0.15, 0.2) is 11.5 Å². The zero-order chi connectivity index (χ0) is 26.1. The van der Waals surface area contributed by atoms with E-state index in [0.717, 1.165) is 23.3 Å². The number of unbranched alkanes of at least 4 members (excludes halogenated alkanes) is 3. The number of anilines is 1. The second-order valence-corrected chi connectivity index (χ2v) is 9.50. The number of esters is 2. The summed E-state index contributed by atoms with van der Waals surface area (Å²) in [6.45, 7) is 2.79. The quantitative estimate of drug-likeness (QED) is 0.231. The molecule has 0 spiro atoms. The van der Waals surface area contributed by atoms with Crippen LogP contribution in [0.3, 0.4) is 0 Å². The number of amides is 1. The Morgan fingerprint density at radius 1 is 1.08 bits per heavy atom. The van der Waals surface area contributed by atoms with Crippen LogP contribution in [0.25, 0.3) is 6.08 Å². The van der Waals surface area contributed by atoms with E-state index in [-0.39, 0.29) is 5.56 Å². The third-order valence-corrected chi connectivity index (χ3v) is 7.19. The number of carbonyl (C=O) groups is 3. The Hall–Kier alpha value is -3.33. The fraction of sp³-hybridized carbons (Fsp3) is 0.444. The zero-order valence-corrected chi connectivity index (χ0v) is 22.0. The first-order chi connectivity index (χ1) is 17.4. The van der Waals surface area contributed by atoms with Gasteiger partial charge in [-0.25, -0.2) is 4.79 Å². The molecule has 1 aliphatic rings. The van der Waals surface area contributed by atoms with E-state index in [4.69, 9.17) is 18.9 Å². The van der Waals surface area contributed by atoms with Gasteiger partial charge in [0.2, 0.25) is 5.91 Å². The van der Waals surface area contributed by atoms with Crippen molar-refractivity contribution >= 4 is 40.3 Å². The van der Waals surface area contributed by atoms with Crippen molar-refractivity contribution in [2.45, 2.75) is 51.4 Å². The highest BCUT2D eigenvalue weighted by Gasteiger charge is 2.38. The lowest BCUT2D eigenvalue weighted by Crippen LogP contribution is -2.16. The first-order valence-electron chi connectivity index (χ1n) is 12.0. The van der Waals surface area contributed by atoms with Gasteiger partial charge in [-0.2, -0.15) is 0 Å². The van der Waals surface area contributed by atoms with E-state index in [9.17, 15) is 14.4 Å². The van der Waals surface area contributed by atoms with E-state index in [1.807, 2.05) is 12.1 Å². The molecule has 1 aliphatic carbocycles. The Labute approximate surface area is 215 Å². The molecule has 0 radical (unpaired) electrons. The van der Waals surface area contributed by atoms with E-state index >= 15 is 0 Å². The van der Waals surface area contributed by atoms with Crippen molar-refractivity contribution in [3.05, 3.63) is 45.8 Å². The number of benzene rings is 1. The highest BCUT2D eigenvalue weighted by Crippen LogP contribution is 2.45. The van der Waals surface area contributed by atoms with Gasteiger partial charge in [0, 0.05) is 11.0 Å². The molecule has 0 saturated carbocycles. The van der Waals surface area contributed by atoms with Gasteiger partial charge in [-0.1, -0.05) is 32.3 Å². The van der Waals surface area contributed by atoms with Gasteiger partial charge in [-0.05, 0) is 48.6 Å². The second kappa shape index (κ2) is 13.1. The average molecular weight is 516 g/mol. The zero-order valence-electron chi connectivity index (χ0n) is 21.2. The minimum Gasteiger partial charge on any atom is -0.493 e. The van der Waals surface area contributed by atoms with Crippen molar-refractivity contribution in [1.29, 1.82) is 0 Å². The number of hydrogen-bond acceptors (Lipinski definition) is 8. The highest BCUT2D eigenvalue weighted by atomic mass is 32.1. The van der Waals surface area contributed by atoms with Crippen LogP contribution < -0.4 is 14.8 Å². The summed E-state index contributed by atoms with van der Waals surface area (Å²) in [7, 11) is 4.16. The molecule has 1 aromatic carbocycles. The van der Waals surface area contributed by atoms with Crippen LogP contribution >= 0.6 is 11.3 Å². The molecule has 0 fully saturated rings. The van der Waals surface area contributed by atoms with Crippen LogP contribution in [0.15, 0.2) is 24.3 Å². The summed E-state index contributed by atoms with van der Waals surface area (Å²) in [5.41, 5.74) is 1.57. The van der Waals surface area contributed by atoms with E-state index in [0.29, 0.717) is 41.5 Å². The molecule has 0 unspecified atom stereocenters. The number of fused-ring (bicyclic) bond motifs is 1. The fourth-order valence-corrected chi connectivity index (χ4v) is 5.45. The lowest BCUT2D eigenvalue weighted by Gasteiger charge is -2.11. The Morgan fingerprint density at radius 3 is 2.58 bits per heavy atom. The van der Waals surface area contributed by atoms with Crippen molar-refractivity contribution in [2.75, 3.05) is 33.3 Å². The van der Waals surface area contributed by atoms with Crippen LogP contribution in [0.1, 0.15) is 71.3 Å². The molecule has 194 valence electrons. The normalized spacial score (nSPS) is 14.4. The minimum atomic E-state index is -0.599. The van der Waals surface area contributed by atoms with E-state index in [1.54, 1.807) is 19.3 Å². The monoisotopic (exact) mass is 515 g/mol. The number of aryl methyl sites for hydroxylation is 1. The van der Waals surface area contributed by atoms with Gasteiger partial charge in [0.05, 0.1) is 39.4 Å². The van der Waals surface area contributed by atoms with Crippen LogP contribution in [-0.2, 0) is 25.5 Å². The minimum absolute atomic E-state index is 0.217. The maximum Gasteiger partial charge on any atom is 0.341 e. The van der Waals surface area contributed by atoms with Crippen LogP contribution in [-0.4, -0.2) is 45.8 Å². The molecule has 2 aromatic rings. The largest absolute Gasteiger partial charge is 0.493 e. The van der Waals surface area contributed by atoms with Gasteiger partial charge in [0.1, 0.15) is 5.00 Å². The summed E-state index contributed by atoms with van der Waals surface area (Å²) in [5.74, 6) is -0.716. The number of rotatable bonds is 12. The summed E-state index contributed by atoms with van der Waals surface area (Å²) in [6, 6.07) is 5.46. The molecule has 0 saturated heterocycles. The molecule has 1 amide bonds. The number of ether oxygens (including phenoxy) is 4. The van der Waals surface area contributed by atoms with Crippen molar-refractivity contribution in [2.24, 2.45) is 0 Å². The first-order valence-corrected chi connectivity index (χ1v) is 12.9. The summed E-state index contributed by atoms with van der Waals surface area (Å²) in [6.07, 6.45) is 8.69. The fourth-order valence-electron chi connectivity index (χ4n) is 4.18. The predicted molar refractivity (Wildman–Crippen MR) is 139 cm³/mol. The molecule has 8 nitrogen and oxygen atoms in total. The van der Waals surface area contributed by atoms with Crippen LogP contribution in [0.4, 0.5) is 5.00 Å². The molecule has 0 aliphatic heterocycles. The molecule has 1 heterocycles. The molecular formula is C27H33NO7S. The Kier molecular flexibility index (Phi) is 9.93. The summed E-state index contributed by atoms with van der Waals surface area (Å²) >= 11 is 1.28. The summed E-state index contributed by atoms with van der Waals surface area (Å²) in [4.78, 5) is 38.3. The van der Waals surface area contributed by atoms with Gasteiger partial charge in [-0.15, -0.1) is 11.3 Å². The average Bonchev–Trinajstić information content (AvgIpc) is 3.45. The van der Waals surface area contributed by atoms with E-state index in [2.05, 4.69) is 12.2 Å². The maximum absolute atomic E-state index is 12.7. The molecule has 1 N–H and O–H groups in total. The molecule has 1 aromatic heterocycles. The molecule has 9 heteroatoms. The van der Waals surface area contributed by atoms with Crippen LogP contribution in [0.5, 0.6) is 11.5 Å². The van der Waals surface area contributed by atoms with Crippen molar-refractivity contribution in [3.8, 4) is 11.5 Å². The lowest BCUT2D eigenvalue weighted by molar-refractivity contribution is -0.142. The third-order valence-electron chi connectivity index (χ3n) is 6.01. The maximum atomic E-state index is 12.7. The summed E-state index contributed by atoms with van der Waals surface area (Å²) < 4.78 is 21.1. The smallest absolute Gasteiger partial charge is 0.341 e. The Balaban J connectivity index is 1.71. The summed E-state index contributed by atoms with van der Waals surface area (Å²) in [5, 5.41) is 3.13. The van der Waals surface area contributed by atoms with Crippen LogP contribution in [0, 0.1) is 0 Å². The van der Waals surface area contributed by atoms with Crippen molar-refractivity contribution < 1.29 is 33.3 Å².